The highest BCUT2D eigenvalue weighted by Crippen LogP contribution is 2.38. The molecule has 0 aromatic heterocycles. The number of rotatable bonds is 6. The molecule has 1 aliphatic rings. The van der Waals surface area contributed by atoms with Gasteiger partial charge in [-0.1, -0.05) is 60.7 Å². The number of carbonyl (C=O) groups is 2. The number of amides is 2. The maximum Gasteiger partial charge on any atom is 0.417 e. The highest BCUT2D eigenvalue weighted by Gasteiger charge is 2.53. The van der Waals surface area contributed by atoms with E-state index in [1.54, 1.807) is 20.8 Å². The minimum atomic E-state index is -0.786. The lowest BCUT2D eigenvalue weighted by Gasteiger charge is -2.45. The molecular formula is C22H25NO5. The second kappa shape index (κ2) is 8.54. The van der Waals surface area contributed by atoms with Gasteiger partial charge in [-0.3, -0.25) is 4.79 Å². The Morgan fingerprint density at radius 2 is 1.61 bits per heavy atom. The van der Waals surface area contributed by atoms with E-state index in [-0.39, 0.29) is 6.79 Å². The topological polar surface area (TPSA) is 65.1 Å². The van der Waals surface area contributed by atoms with E-state index in [1.165, 1.54) is 0 Å². The van der Waals surface area contributed by atoms with Crippen LogP contribution in [0.15, 0.2) is 60.7 Å². The summed E-state index contributed by atoms with van der Waals surface area (Å²) >= 11 is 0. The summed E-state index contributed by atoms with van der Waals surface area (Å²) in [5.41, 5.74) is 1.13. The van der Waals surface area contributed by atoms with E-state index in [9.17, 15) is 9.59 Å². The number of nitrogens with zero attached hydrogens (tertiary/aromatic N) is 1. The van der Waals surface area contributed by atoms with Crippen molar-refractivity contribution >= 4 is 12.0 Å². The van der Waals surface area contributed by atoms with Crippen molar-refractivity contribution in [2.24, 2.45) is 0 Å². The van der Waals surface area contributed by atoms with Crippen LogP contribution in [0.1, 0.15) is 37.9 Å². The Kier molecular flexibility index (Phi) is 6.11. The third-order valence-corrected chi connectivity index (χ3v) is 4.22. The number of benzene rings is 2. The maximum absolute atomic E-state index is 12.6. The molecule has 2 atom stereocenters. The number of carbonyl (C=O) groups excluding carboxylic acids is 2. The van der Waals surface area contributed by atoms with Gasteiger partial charge >= 0.3 is 6.09 Å². The monoisotopic (exact) mass is 383 g/mol. The zero-order chi connectivity index (χ0) is 20.1. The van der Waals surface area contributed by atoms with Gasteiger partial charge in [0.15, 0.2) is 6.10 Å². The fourth-order valence-corrected chi connectivity index (χ4v) is 2.97. The molecule has 0 spiro atoms. The summed E-state index contributed by atoms with van der Waals surface area (Å²) in [5.74, 6) is -0.425. The number of hydrogen-bond donors (Lipinski definition) is 0. The van der Waals surface area contributed by atoms with Gasteiger partial charge in [-0.2, -0.15) is 0 Å². The van der Waals surface area contributed by atoms with Crippen LogP contribution in [0.4, 0.5) is 4.79 Å². The largest absolute Gasteiger partial charge is 0.443 e. The molecule has 0 radical (unpaired) electrons. The van der Waals surface area contributed by atoms with E-state index in [0.29, 0.717) is 6.61 Å². The molecule has 0 unspecified atom stereocenters. The molecular weight excluding hydrogens is 358 g/mol. The van der Waals surface area contributed by atoms with Crippen LogP contribution in [0.2, 0.25) is 0 Å². The lowest BCUT2D eigenvalue weighted by atomic mass is 9.91. The van der Waals surface area contributed by atoms with E-state index >= 15 is 0 Å². The van der Waals surface area contributed by atoms with E-state index in [4.69, 9.17) is 14.2 Å². The van der Waals surface area contributed by atoms with Crippen molar-refractivity contribution in [3.8, 4) is 0 Å². The van der Waals surface area contributed by atoms with Crippen LogP contribution in [-0.4, -0.2) is 35.4 Å². The minimum absolute atomic E-state index is 0.0448. The SMILES string of the molecule is CC(C)(C)OC(=O)N1C(=O)[C@H](OCOCc2ccccc2)[C@@H]1c1ccccc1. The number of ether oxygens (including phenoxy) is 3. The Morgan fingerprint density at radius 3 is 2.21 bits per heavy atom. The minimum Gasteiger partial charge on any atom is -0.443 e. The third-order valence-electron chi connectivity index (χ3n) is 4.22. The van der Waals surface area contributed by atoms with Crippen LogP contribution < -0.4 is 0 Å². The zero-order valence-corrected chi connectivity index (χ0v) is 16.3. The van der Waals surface area contributed by atoms with Crippen LogP contribution in [0.25, 0.3) is 0 Å². The quantitative estimate of drug-likeness (QED) is 0.427. The Balaban J connectivity index is 1.64. The van der Waals surface area contributed by atoms with Crippen molar-refractivity contribution in [3.63, 3.8) is 0 Å². The van der Waals surface area contributed by atoms with Crippen LogP contribution in [0.3, 0.4) is 0 Å². The Morgan fingerprint density at radius 1 is 1.00 bits per heavy atom. The molecule has 3 rings (SSSR count). The average molecular weight is 383 g/mol. The van der Waals surface area contributed by atoms with Crippen LogP contribution in [-0.2, 0) is 25.6 Å². The smallest absolute Gasteiger partial charge is 0.417 e. The molecule has 2 amide bonds. The van der Waals surface area contributed by atoms with Gasteiger partial charge in [-0.15, -0.1) is 0 Å². The fourth-order valence-electron chi connectivity index (χ4n) is 2.97. The zero-order valence-electron chi connectivity index (χ0n) is 16.3. The van der Waals surface area contributed by atoms with Gasteiger partial charge in [-0.05, 0) is 31.9 Å². The van der Waals surface area contributed by atoms with Gasteiger partial charge < -0.3 is 14.2 Å². The normalized spacial score (nSPS) is 19.2. The summed E-state index contributed by atoms with van der Waals surface area (Å²) in [4.78, 5) is 26.2. The summed E-state index contributed by atoms with van der Waals surface area (Å²) in [5, 5.41) is 0. The van der Waals surface area contributed by atoms with Gasteiger partial charge in [0.05, 0.1) is 6.61 Å². The molecule has 1 saturated heterocycles. The van der Waals surface area contributed by atoms with E-state index in [0.717, 1.165) is 16.0 Å². The molecule has 28 heavy (non-hydrogen) atoms. The molecule has 6 nitrogen and oxygen atoms in total. The lowest BCUT2D eigenvalue weighted by molar-refractivity contribution is -0.188. The first kappa shape index (κ1) is 20.0. The van der Waals surface area contributed by atoms with Gasteiger partial charge in [-0.25, -0.2) is 9.69 Å². The Bertz CT molecular complexity index is 801. The molecule has 1 fully saturated rings. The predicted molar refractivity (Wildman–Crippen MR) is 103 cm³/mol. The van der Waals surface area contributed by atoms with Gasteiger partial charge in [0, 0.05) is 0 Å². The van der Waals surface area contributed by atoms with E-state index in [1.807, 2.05) is 60.7 Å². The fraction of sp³-hybridized carbons (Fsp3) is 0.364. The van der Waals surface area contributed by atoms with Gasteiger partial charge in [0.2, 0.25) is 0 Å². The predicted octanol–water partition coefficient (Wildman–Crippen LogP) is 4.06. The molecule has 2 aromatic carbocycles. The summed E-state index contributed by atoms with van der Waals surface area (Å²) in [6.07, 6.45) is -1.46. The first-order chi connectivity index (χ1) is 13.4. The molecule has 0 saturated carbocycles. The van der Waals surface area contributed by atoms with E-state index < -0.39 is 29.7 Å². The standard InChI is InChI=1S/C22H25NO5/c1-22(2,3)28-21(25)23-18(17-12-8-5-9-13-17)19(20(23)24)27-15-26-14-16-10-6-4-7-11-16/h4-13,18-19H,14-15H2,1-3H3/t18-,19+/m0/s1. The molecule has 0 N–H and O–H groups in total. The molecule has 0 bridgehead atoms. The average Bonchev–Trinajstić information content (AvgIpc) is 2.65. The molecule has 148 valence electrons. The second-order valence-corrected chi connectivity index (χ2v) is 7.58. The third kappa shape index (κ3) is 4.77. The van der Waals surface area contributed by atoms with E-state index in [2.05, 4.69) is 0 Å². The number of hydrogen-bond acceptors (Lipinski definition) is 5. The first-order valence-electron chi connectivity index (χ1n) is 9.21. The molecule has 0 aliphatic carbocycles. The highest BCUT2D eigenvalue weighted by atomic mass is 16.7. The van der Waals surface area contributed by atoms with Crippen molar-refractivity contribution in [1.29, 1.82) is 0 Å². The summed E-state index contributed by atoms with van der Waals surface area (Å²) in [6, 6.07) is 18.5. The first-order valence-corrected chi connectivity index (χ1v) is 9.21. The lowest BCUT2D eigenvalue weighted by Crippen LogP contribution is -2.62. The van der Waals surface area contributed by atoms with Gasteiger partial charge in [0.1, 0.15) is 18.4 Å². The molecule has 2 aromatic rings. The van der Waals surface area contributed by atoms with Crippen molar-refractivity contribution < 1.29 is 23.8 Å². The number of β-lactam (4-membered cyclic amide) rings is 1. The Labute approximate surface area is 165 Å². The van der Waals surface area contributed by atoms with Crippen LogP contribution in [0, 0.1) is 0 Å². The highest BCUT2D eigenvalue weighted by molar-refractivity contribution is 6.01. The number of imide groups is 1. The second-order valence-electron chi connectivity index (χ2n) is 7.58. The van der Waals surface area contributed by atoms with Crippen molar-refractivity contribution in [1.82, 2.24) is 4.90 Å². The summed E-state index contributed by atoms with van der Waals surface area (Å²) < 4.78 is 16.6. The number of likely N-dealkylation sites (tertiary alicyclic amines) is 1. The van der Waals surface area contributed by atoms with Crippen LogP contribution in [0.5, 0.6) is 0 Å². The summed E-state index contributed by atoms with van der Waals surface area (Å²) in [7, 11) is 0. The van der Waals surface area contributed by atoms with Crippen molar-refractivity contribution in [2.45, 2.75) is 45.1 Å². The molecule has 6 heteroatoms. The van der Waals surface area contributed by atoms with Crippen molar-refractivity contribution in [2.75, 3.05) is 6.79 Å². The summed E-state index contributed by atoms with van der Waals surface area (Å²) in [6.45, 7) is 5.62. The molecule has 1 heterocycles. The maximum atomic E-state index is 12.6. The molecule has 1 aliphatic heterocycles. The van der Waals surface area contributed by atoms with Crippen LogP contribution >= 0.6 is 0 Å². The van der Waals surface area contributed by atoms with Gasteiger partial charge in [0.25, 0.3) is 5.91 Å². The van der Waals surface area contributed by atoms with Crippen molar-refractivity contribution in [3.05, 3.63) is 71.8 Å². The Hall–Kier alpha value is -2.70.